The SMILES string of the molecule is CC(C)CC1NC(=O)C2CNCCN2C1=O. The molecular weight excluding hydrogens is 206 g/mol. The average molecular weight is 225 g/mol. The maximum Gasteiger partial charge on any atom is 0.245 e. The van der Waals surface area contributed by atoms with Gasteiger partial charge in [0.05, 0.1) is 0 Å². The van der Waals surface area contributed by atoms with Crippen molar-refractivity contribution < 1.29 is 9.59 Å². The monoisotopic (exact) mass is 225 g/mol. The van der Waals surface area contributed by atoms with E-state index in [0.29, 0.717) is 19.0 Å². The van der Waals surface area contributed by atoms with Crippen LogP contribution in [0.1, 0.15) is 20.3 Å². The van der Waals surface area contributed by atoms with Crippen LogP contribution in [0.5, 0.6) is 0 Å². The molecule has 0 spiro atoms. The Hall–Kier alpha value is -1.10. The molecule has 2 fully saturated rings. The van der Waals surface area contributed by atoms with Gasteiger partial charge in [-0.3, -0.25) is 9.59 Å². The van der Waals surface area contributed by atoms with E-state index in [2.05, 4.69) is 24.5 Å². The molecule has 2 rings (SSSR count). The van der Waals surface area contributed by atoms with E-state index in [1.807, 2.05) is 0 Å². The molecule has 2 aliphatic heterocycles. The minimum absolute atomic E-state index is 0.0162. The second kappa shape index (κ2) is 4.41. The van der Waals surface area contributed by atoms with Crippen LogP contribution in [0.25, 0.3) is 0 Å². The van der Waals surface area contributed by atoms with Crippen LogP contribution < -0.4 is 10.6 Å². The van der Waals surface area contributed by atoms with Crippen molar-refractivity contribution in [2.75, 3.05) is 19.6 Å². The number of hydrogen-bond acceptors (Lipinski definition) is 3. The van der Waals surface area contributed by atoms with E-state index < -0.39 is 0 Å². The molecule has 0 aromatic heterocycles. The Morgan fingerprint density at radius 1 is 1.44 bits per heavy atom. The van der Waals surface area contributed by atoms with Crippen LogP contribution in [0.3, 0.4) is 0 Å². The minimum Gasteiger partial charge on any atom is -0.342 e. The zero-order valence-electron chi connectivity index (χ0n) is 9.82. The van der Waals surface area contributed by atoms with E-state index in [9.17, 15) is 9.59 Å². The fraction of sp³-hybridized carbons (Fsp3) is 0.818. The number of piperazine rings is 2. The largest absolute Gasteiger partial charge is 0.342 e. The highest BCUT2D eigenvalue weighted by atomic mass is 16.2. The van der Waals surface area contributed by atoms with Crippen molar-refractivity contribution in [3.8, 4) is 0 Å². The Kier molecular flexibility index (Phi) is 3.14. The molecule has 0 aliphatic carbocycles. The highest BCUT2D eigenvalue weighted by molar-refractivity contribution is 5.97. The first kappa shape index (κ1) is 11.4. The van der Waals surface area contributed by atoms with Gasteiger partial charge in [-0.2, -0.15) is 0 Å². The summed E-state index contributed by atoms with van der Waals surface area (Å²) in [6.07, 6.45) is 0.723. The molecule has 0 radical (unpaired) electrons. The van der Waals surface area contributed by atoms with Crippen LogP contribution in [0.4, 0.5) is 0 Å². The van der Waals surface area contributed by atoms with Gasteiger partial charge < -0.3 is 15.5 Å². The topological polar surface area (TPSA) is 61.4 Å². The van der Waals surface area contributed by atoms with Crippen LogP contribution in [-0.2, 0) is 9.59 Å². The van der Waals surface area contributed by atoms with E-state index >= 15 is 0 Å². The van der Waals surface area contributed by atoms with E-state index in [4.69, 9.17) is 0 Å². The van der Waals surface area contributed by atoms with Gasteiger partial charge >= 0.3 is 0 Å². The molecule has 2 atom stereocenters. The van der Waals surface area contributed by atoms with Crippen molar-refractivity contribution in [3.63, 3.8) is 0 Å². The highest BCUT2D eigenvalue weighted by Gasteiger charge is 2.41. The Balaban J connectivity index is 2.10. The standard InChI is InChI=1S/C11H19N3O2/c1-7(2)5-8-11(16)14-4-3-12-6-9(14)10(15)13-8/h7-9,12H,3-6H2,1-2H3,(H,13,15). The highest BCUT2D eigenvalue weighted by Crippen LogP contribution is 2.16. The van der Waals surface area contributed by atoms with Gasteiger partial charge in [-0.25, -0.2) is 0 Å². The lowest BCUT2D eigenvalue weighted by molar-refractivity contribution is -0.150. The second-order valence-electron chi connectivity index (χ2n) is 4.94. The Morgan fingerprint density at radius 2 is 2.19 bits per heavy atom. The van der Waals surface area contributed by atoms with Gasteiger partial charge in [0.1, 0.15) is 12.1 Å². The first-order valence-corrected chi connectivity index (χ1v) is 5.91. The van der Waals surface area contributed by atoms with Crippen molar-refractivity contribution in [2.24, 2.45) is 5.92 Å². The lowest BCUT2D eigenvalue weighted by Gasteiger charge is -2.42. The third-order valence-electron chi connectivity index (χ3n) is 3.15. The molecule has 5 heteroatoms. The average Bonchev–Trinajstić information content (AvgIpc) is 2.25. The molecule has 2 N–H and O–H groups in total. The van der Waals surface area contributed by atoms with Gasteiger partial charge in [0.25, 0.3) is 0 Å². The minimum atomic E-state index is -0.318. The lowest BCUT2D eigenvalue weighted by atomic mass is 9.98. The quantitative estimate of drug-likeness (QED) is 0.655. The summed E-state index contributed by atoms with van der Waals surface area (Å²) in [7, 11) is 0. The number of fused-ring (bicyclic) bond motifs is 1. The molecule has 2 amide bonds. The van der Waals surface area contributed by atoms with Crippen LogP contribution in [0, 0.1) is 5.92 Å². The van der Waals surface area contributed by atoms with Gasteiger partial charge in [0.15, 0.2) is 0 Å². The first-order valence-electron chi connectivity index (χ1n) is 5.91. The number of nitrogens with one attached hydrogen (secondary N) is 2. The Morgan fingerprint density at radius 3 is 2.88 bits per heavy atom. The number of rotatable bonds is 2. The van der Waals surface area contributed by atoms with Crippen molar-refractivity contribution in [3.05, 3.63) is 0 Å². The Labute approximate surface area is 95.6 Å². The smallest absolute Gasteiger partial charge is 0.245 e. The second-order valence-corrected chi connectivity index (χ2v) is 4.94. The number of carbonyl (C=O) groups is 2. The fourth-order valence-electron chi connectivity index (χ4n) is 2.36. The summed E-state index contributed by atoms with van der Waals surface area (Å²) in [5.74, 6) is 0.478. The molecule has 2 saturated heterocycles. The lowest BCUT2D eigenvalue weighted by Crippen LogP contribution is -2.68. The molecule has 0 aromatic rings. The van der Waals surface area contributed by atoms with E-state index in [1.54, 1.807) is 4.90 Å². The van der Waals surface area contributed by atoms with Gasteiger partial charge in [-0.1, -0.05) is 13.8 Å². The van der Waals surface area contributed by atoms with Crippen LogP contribution in [-0.4, -0.2) is 48.4 Å². The number of nitrogens with zero attached hydrogens (tertiary/aromatic N) is 1. The fourth-order valence-corrected chi connectivity index (χ4v) is 2.36. The van der Waals surface area contributed by atoms with Crippen molar-refractivity contribution >= 4 is 11.8 Å². The zero-order chi connectivity index (χ0) is 11.7. The van der Waals surface area contributed by atoms with Crippen molar-refractivity contribution in [1.29, 1.82) is 0 Å². The molecule has 0 bridgehead atoms. The summed E-state index contributed by atoms with van der Waals surface area (Å²) in [4.78, 5) is 25.7. The zero-order valence-corrected chi connectivity index (χ0v) is 9.82. The Bertz CT molecular complexity index is 304. The van der Waals surface area contributed by atoms with Crippen molar-refractivity contribution in [2.45, 2.75) is 32.4 Å². The summed E-state index contributed by atoms with van der Waals surface area (Å²) >= 11 is 0. The number of amides is 2. The molecule has 2 heterocycles. The van der Waals surface area contributed by atoms with Crippen LogP contribution >= 0.6 is 0 Å². The summed E-state index contributed by atoms with van der Waals surface area (Å²) in [5, 5.41) is 5.96. The van der Waals surface area contributed by atoms with Crippen LogP contribution in [0.2, 0.25) is 0 Å². The predicted molar refractivity (Wildman–Crippen MR) is 59.8 cm³/mol. The molecule has 16 heavy (non-hydrogen) atoms. The number of hydrogen-bond donors (Lipinski definition) is 2. The third kappa shape index (κ3) is 2.04. The van der Waals surface area contributed by atoms with Gasteiger partial charge in [0, 0.05) is 19.6 Å². The first-order chi connectivity index (χ1) is 7.59. The molecule has 5 nitrogen and oxygen atoms in total. The summed E-state index contributed by atoms with van der Waals surface area (Å²) in [6, 6.07) is -0.619. The molecule has 0 aromatic carbocycles. The maximum atomic E-state index is 12.1. The third-order valence-corrected chi connectivity index (χ3v) is 3.15. The van der Waals surface area contributed by atoms with Gasteiger partial charge in [-0.05, 0) is 12.3 Å². The molecular formula is C11H19N3O2. The molecule has 90 valence electrons. The van der Waals surface area contributed by atoms with Gasteiger partial charge in [0.2, 0.25) is 11.8 Å². The van der Waals surface area contributed by atoms with Crippen molar-refractivity contribution in [1.82, 2.24) is 15.5 Å². The van der Waals surface area contributed by atoms with E-state index in [0.717, 1.165) is 13.0 Å². The number of carbonyl (C=O) groups excluding carboxylic acids is 2. The normalized spacial score (nSPS) is 30.3. The van der Waals surface area contributed by atoms with Gasteiger partial charge in [-0.15, -0.1) is 0 Å². The summed E-state index contributed by atoms with van der Waals surface area (Å²) in [5.41, 5.74) is 0. The van der Waals surface area contributed by atoms with E-state index in [-0.39, 0.29) is 23.9 Å². The predicted octanol–water partition coefficient (Wildman–Crippen LogP) is -0.669. The molecule has 0 saturated carbocycles. The van der Waals surface area contributed by atoms with Crippen LogP contribution in [0.15, 0.2) is 0 Å². The summed E-state index contributed by atoms with van der Waals surface area (Å²) in [6.45, 7) is 6.12. The maximum absolute atomic E-state index is 12.1. The molecule has 2 aliphatic rings. The summed E-state index contributed by atoms with van der Waals surface area (Å²) < 4.78 is 0. The van der Waals surface area contributed by atoms with E-state index in [1.165, 1.54) is 0 Å². The molecule has 2 unspecified atom stereocenters.